The molecule has 0 aliphatic carbocycles. The third-order valence-electron chi connectivity index (χ3n) is 1.75. The van der Waals surface area contributed by atoms with Gasteiger partial charge >= 0.3 is 0 Å². The van der Waals surface area contributed by atoms with Crippen LogP contribution < -0.4 is 0 Å². The summed E-state index contributed by atoms with van der Waals surface area (Å²) in [5, 5.41) is 0. The van der Waals surface area contributed by atoms with Gasteiger partial charge in [-0.15, -0.1) is 0 Å². The van der Waals surface area contributed by atoms with Crippen molar-refractivity contribution >= 4 is 5.57 Å². The van der Waals surface area contributed by atoms with Crippen molar-refractivity contribution in [1.82, 2.24) is 0 Å². The van der Waals surface area contributed by atoms with Crippen LogP contribution in [0.15, 0.2) is 61.2 Å². The molecule has 18 heavy (non-hydrogen) atoms. The molecule has 0 saturated carbocycles. The number of benzene rings is 1. The van der Waals surface area contributed by atoms with Gasteiger partial charge in [0.25, 0.3) is 0 Å². The van der Waals surface area contributed by atoms with Crippen molar-refractivity contribution in [1.29, 1.82) is 0 Å². The number of hydrogen-bond donors (Lipinski definition) is 0. The molecule has 0 aliphatic rings. The second kappa shape index (κ2) is 15.4. The van der Waals surface area contributed by atoms with Crippen LogP contribution in [0.25, 0.3) is 5.57 Å². The molecule has 1 aromatic carbocycles. The highest BCUT2D eigenvalue weighted by Gasteiger charge is 1.93. The van der Waals surface area contributed by atoms with Crippen molar-refractivity contribution in [2.24, 2.45) is 0 Å². The SMILES string of the molecule is C=C/C=C(\C=C/C)c1ccccc1.CC.CCC. The molecule has 0 unspecified atom stereocenters. The second-order valence-corrected chi connectivity index (χ2v) is 3.43. The van der Waals surface area contributed by atoms with Crippen LogP contribution >= 0.6 is 0 Å². The molecular formula is C18H28. The summed E-state index contributed by atoms with van der Waals surface area (Å²) in [5.74, 6) is 0. The Hall–Kier alpha value is -1.56. The minimum absolute atomic E-state index is 1.19. The Labute approximate surface area is 114 Å². The van der Waals surface area contributed by atoms with E-state index in [2.05, 4.69) is 38.6 Å². The molecule has 0 spiro atoms. The Balaban J connectivity index is 0. The molecule has 0 amide bonds. The van der Waals surface area contributed by atoms with E-state index in [1.165, 1.54) is 17.6 Å². The maximum absolute atomic E-state index is 3.70. The molecule has 0 fully saturated rings. The molecule has 1 aromatic rings. The Kier molecular flexibility index (Phi) is 16.1. The maximum Gasteiger partial charge on any atom is -0.0184 e. The minimum atomic E-state index is 1.19. The van der Waals surface area contributed by atoms with Crippen LogP contribution in [-0.2, 0) is 0 Å². The van der Waals surface area contributed by atoms with Crippen molar-refractivity contribution in [2.45, 2.75) is 41.0 Å². The van der Waals surface area contributed by atoms with E-state index >= 15 is 0 Å². The van der Waals surface area contributed by atoms with Gasteiger partial charge in [-0.3, -0.25) is 0 Å². The van der Waals surface area contributed by atoms with Crippen LogP contribution in [0.2, 0.25) is 0 Å². The van der Waals surface area contributed by atoms with E-state index < -0.39 is 0 Å². The molecule has 0 aliphatic heterocycles. The van der Waals surface area contributed by atoms with E-state index in [0.29, 0.717) is 0 Å². The predicted molar refractivity (Wildman–Crippen MR) is 86.7 cm³/mol. The zero-order chi connectivity index (χ0) is 14.2. The molecular weight excluding hydrogens is 216 g/mol. The summed E-state index contributed by atoms with van der Waals surface area (Å²) in [6.07, 6.45) is 9.18. The molecule has 0 aromatic heterocycles. The average molecular weight is 244 g/mol. The van der Waals surface area contributed by atoms with Crippen molar-refractivity contribution in [3.8, 4) is 0 Å². The van der Waals surface area contributed by atoms with Gasteiger partial charge in [0, 0.05) is 0 Å². The normalized spacial score (nSPS) is 9.94. The lowest BCUT2D eigenvalue weighted by Gasteiger charge is -1.99. The van der Waals surface area contributed by atoms with Crippen LogP contribution in [0.1, 0.15) is 46.6 Å². The molecule has 0 N–H and O–H groups in total. The molecule has 0 nitrogen and oxygen atoms in total. The van der Waals surface area contributed by atoms with Gasteiger partial charge in [0.05, 0.1) is 0 Å². The highest BCUT2D eigenvalue weighted by molar-refractivity contribution is 5.74. The third-order valence-corrected chi connectivity index (χ3v) is 1.75. The molecule has 0 bridgehead atoms. The van der Waals surface area contributed by atoms with Crippen LogP contribution in [0.5, 0.6) is 0 Å². The van der Waals surface area contributed by atoms with Crippen LogP contribution in [0, 0.1) is 0 Å². The number of rotatable bonds is 3. The Morgan fingerprint density at radius 2 is 1.61 bits per heavy atom. The third kappa shape index (κ3) is 9.65. The van der Waals surface area contributed by atoms with Crippen LogP contribution in [0.4, 0.5) is 0 Å². The summed E-state index contributed by atoms with van der Waals surface area (Å²) in [6, 6.07) is 10.3. The van der Waals surface area contributed by atoms with Crippen molar-refractivity contribution < 1.29 is 0 Å². The fraction of sp³-hybridized carbons (Fsp3) is 0.333. The standard InChI is InChI=1S/C13H14.C3H8.C2H6/c1-3-8-12(9-4-2)13-10-6-5-7-11-13;1-3-2;1-2/h3-11H,1H2,2H3;3H2,1-2H3;1-2H3/b9-4-,12-8+;;. The van der Waals surface area contributed by atoms with Crippen LogP contribution in [0.3, 0.4) is 0 Å². The van der Waals surface area contributed by atoms with Gasteiger partial charge in [0.1, 0.15) is 0 Å². The van der Waals surface area contributed by atoms with Gasteiger partial charge in [-0.2, -0.15) is 0 Å². The molecule has 0 radical (unpaired) electrons. The van der Waals surface area contributed by atoms with Gasteiger partial charge < -0.3 is 0 Å². The van der Waals surface area contributed by atoms with Gasteiger partial charge in [-0.25, -0.2) is 0 Å². The lowest BCUT2D eigenvalue weighted by molar-refractivity contribution is 1.09. The topological polar surface area (TPSA) is 0 Å². The van der Waals surface area contributed by atoms with Gasteiger partial charge in [0.15, 0.2) is 0 Å². The van der Waals surface area contributed by atoms with Gasteiger partial charge in [-0.05, 0) is 18.1 Å². The Morgan fingerprint density at radius 1 is 1.11 bits per heavy atom. The molecule has 0 heteroatoms. The highest BCUT2D eigenvalue weighted by atomic mass is 14.0. The lowest BCUT2D eigenvalue weighted by atomic mass is 10.1. The first kappa shape index (κ1) is 18.8. The summed E-state index contributed by atoms with van der Waals surface area (Å²) < 4.78 is 0. The summed E-state index contributed by atoms with van der Waals surface area (Å²) in [4.78, 5) is 0. The van der Waals surface area contributed by atoms with E-state index in [9.17, 15) is 0 Å². The Morgan fingerprint density at radius 3 is 2.00 bits per heavy atom. The molecule has 1 rings (SSSR count). The largest absolute Gasteiger partial charge is 0.0990 e. The van der Waals surface area contributed by atoms with E-state index in [1.807, 2.05) is 57.2 Å². The fourth-order valence-corrected chi connectivity index (χ4v) is 1.19. The summed E-state index contributed by atoms with van der Waals surface area (Å²) in [7, 11) is 0. The van der Waals surface area contributed by atoms with Crippen molar-refractivity contribution in [3.63, 3.8) is 0 Å². The molecule has 0 heterocycles. The van der Waals surface area contributed by atoms with E-state index in [-0.39, 0.29) is 0 Å². The molecule has 0 atom stereocenters. The average Bonchev–Trinajstić information content (AvgIpc) is 2.43. The summed E-state index contributed by atoms with van der Waals surface area (Å²) >= 11 is 0. The first-order valence-corrected chi connectivity index (χ1v) is 6.80. The summed E-state index contributed by atoms with van der Waals surface area (Å²) in [5.41, 5.74) is 2.42. The quantitative estimate of drug-likeness (QED) is 0.549. The second-order valence-electron chi connectivity index (χ2n) is 3.43. The zero-order valence-corrected chi connectivity index (χ0v) is 12.6. The zero-order valence-electron chi connectivity index (χ0n) is 12.6. The van der Waals surface area contributed by atoms with E-state index in [0.717, 1.165) is 0 Å². The fourth-order valence-electron chi connectivity index (χ4n) is 1.19. The monoisotopic (exact) mass is 244 g/mol. The van der Waals surface area contributed by atoms with E-state index in [1.54, 1.807) is 0 Å². The van der Waals surface area contributed by atoms with Crippen molar-refractivity contribution in [2.75, 3.05) is 0 Å². The maximum atomic E-state index is 3.70. The lowest BCUT2D eigenvalue weighted by Crippen LogP contribution is -1.78. The molecule has 0 saturated heterocycles. The van der Waals surface area contributed by atoms with Crippen LogP contribution in [-0.4, -0.2) is 0 Å². The van der Waals surface area contributed by atoms with Gasteiger partial charge in [0.2, 0.25) is 0 Å². The Bertz CT molecular complexity index is 328. The minimum Gasteiger partial charge on any atom is -0.0990 e. The smallest absolute Gasteiger partial charge is 0.0184 e. The first-order chi connectivity index (χ1) is 8.79. The molecule has 100 valence electrons. The van der Waals surface area contributed by atoms with E-state index in [4.69, 9.17) is 0 Å². The predicted octanol–water partition coefficient (Wildman–Crippen LogP) is 6.27. The highest BCUT2D eigenvalue weighted by Crippen LogP contribution is 2.15. The summed E-state index contributed by atoms with van der Waals surface area (Å²) in [6.45, 7) is 14.0. The van der Waals surface area contributed by atoms with Crippen molar-refractivity contribution in [3.05, 3.63) is 66.8 Å². The first-order valence-electron chi connectivity index (χ1n) is 6.80. The number of allylic oxidation sites excluding steroid dienone is 5. The van der Waals surface area contributed by atoms with Gasteiger partial charge in [-0.1, -0.05) is 95.3 Å². The number of hydrogen-bond acceptors (Lipinski definition) is 0.